The molecule has 1 aromatic rings. The zero-order valence-electron chi connectivity index (χ0n) is 15.1. The lowest BCUT2D eigenvalue weighted by atomic mass is 10.1. The number of benzene rings is 1. The van der Waals surface area contributed by atoms with Crippen LogP contribution in [-0.2, 0) is 19.6 Å². The summed E-state index contributed by atoms with van der Waals surface area (Å²) in [4.78, 5) is 12.3. The predicted molar refractivity (Wildman–Crippen MR) is 96.5 cm³/mol. The van der Waals surface area contributed by atoms with Gasteiger partial charge in [-0.15, -0.1) is 0 Å². The molecule has 0 saturated carbocycles. The van der Waals surface area contributed by atoms with Crippen molar-refractivity contribution in [1.29, 1.82) is 0 Å². The lowest BCUT2D eigenvalue weighted by molar-refractivity contribution is -0.127. The van der Waals surface area contributed by atoms with E-state index < -0.39 is 16.1 Å². The van der Waals surface area contributed by atoms with Gasteiger partial charge >= 0.3 is 0 Å². The Labute approximate surface area is 149 Å². The van der Waals surface area contributed by atoms with Gasteiger partial charge in [0.25, 0.3) is 5.91 Å². The van der Waals surface area contributed by atoms with Crippen molar-refractivity contribution in [3.8, 4) is 5.75 Å². The van der Waals surface area contributed by atoms with Crippen LogP contribution in [0.25, 0.3) is 0 Å². The molecule has 1 unspecified atom stereocenters. The van der Waals surface area contributed by atoms with Gasteiger partial charge < -0.3 is 14.8 Å². The molecule has 1 heterocycles. The number of fused-ring (bicyclic) bond motifs is 1. The van der Waals surface area contributed by atoms with E-state index in [1.54, 1.807) is 12.1 Å². The summed E-state index contributed by atoms with van der Waals surface area (Å²) in [5.41, 5.74) is 1.39. The summed E-state index contributed by atoms with van der Waals surface area (Å²) in [7, 11) is -3.51. The number of ether oxygens (including phenoxy) is 2. The molecule has 0 radical (unpaired) electrons. The lowest BCUT2D eigenvalue weighted by Gasteiger charge is -2.34. The molecule has 1 aliphatic heterocycles. The molecule has 1 atom stereocenters. The Hall–Kier alpha value is -1.80. The second kappa shape index (κ2) is 8.05. The smallest absolute Gasteiger partial charge is 0.263 e. The maximum atomic E-state index is 12.3. The summed E-state index contributed by atoms with van der Waals surface area (Å²) in [5.74, 6) is 0.0648. The van der Waals surface area contributed by atoms with Gasteiger partial charge in [0.1, 0.15) is 5.75 Å². The van der Waals surface area contributed by atoms with E-state index >= 15 is 0 Å². The number of carbonyl (C=O) groups excluding carboxylic acids is 1. The number of sulfonamides is 1. The van der Waals surface area contributed by atoms with Gasteiger partial charge in [-0.25, -0.2) is 8.42 Å². The molecule has 2 rings (SSSR count). The van der Waals surface area contributed by atoms with Crippen LogP contribution in [0, 0.1) is 6.92 Å². The van der Waals surface area contributed by atoms with Crippen molar-refractivity contribution in [2.24, 2.45) is 0 Å². The third-order valence-electron chi connectivity index (χ3n) is 3.75. The van der Waals surface area contributed by atoms with Crippen molar-refractivity contribution in [2.75, 3.05) is 30.3 Å². The molecule has 8 heteroatoms. The average molecular weight is 370 g/mol. The summed E-state index contributed by atoms with van der Waals surface area (Å²) in [5, 5.41) is 2.77. The zero-order valence-corrected chi connectivity index (χ0v) is 15.9. The maximum Gasteiger partial charge on any atom is 0.263 e. The molecule has 1 N–H and O–H groups in total. The van der Waals surface area contributed by atoms with Gasteiger partial charge in [-0.2, -0.15) is 0 Å². The van der Waals surface area contributed by atoms with E-state index in [1.807, 2.05) is 26.8 Å². The second-order valence-electron chi connectivity index (χ2n) is 6.44. The Balaban J connectivity index is 2.03. The average Bonchev–Trinajstić information content (AvgIpc) is 2.52. The maximum absolute atomic E-state index is 12.3. The summed E-state index contributed by atoms with van der Waals surface area (Å²) in [6.07, 6.45) is 1.09. The highest BCUT2D eigenvalue weighted by Gasteiger charge is 2.34. The Morgan fingerprint density at radius 3 is 2.80 bits per heavy atom. The number of nitrogens with zero attached hydrogens (tertiary/aromatic N) is 1. The molecule has 1 aliphatic rings. The van der Waals surface area contributed by atoms with Gasteiger partial charge in [0.15, 0.2) is 6.10 Å². The van der Waals surface area contributed by atoms with Crippen LogP contribution in [0.3, 0.4) is 0 Å². The van der Waals surface area contributed by atoms with Crippen LogP contribution in [0.4, 0.5) is 5.69 Å². The highest BCUT2D eigenvalue weighted by Crippen LogP contribution is 2.35. The number of hydrogen-bond donors (Lipinski definition) is 1. The van der Waals surface area contributed by atoms with Crippen molar-refractivity contribution >= 4 is 21.6 Å². The third kappa shape index (κ3) is 5.34. The first kappa shape index (κ1) is 19.5. The van der Waals surface area contributed by atoms with Crippen LogP contribution in [0.15, 0.2) is 18.2 Å². The predicted octanol–water partition coefficient (Wildman–Crippen LogP) is 1.45. The van der Waals surface area contributed by atoms with E-state index in [-0.39, 0.29) is 18.6 Å². The Morgan fingerprint density at radius 1 is 1.44 bits per heavy atom. The van der Waals surface area contributed by atoms with Crippen LogP contribution in [0.1, 0.15) is 25.8 Å². The fourth-order valence-electron chi connectivity index (χ4n) is 2.53. The fraction of sp³-hybridized carbons (Fsp3) is 0.588. The SMILES string of the molecule is Cc1ccc2c(c1)N(S(C)(=O)=O)CC(C(=O)NCCCOC(C)C)O2. The Bertz CT molecular complexity index is 718. The zero-order chi connectivity index (χ0) is 18.6. The van der Waals surface area contributed by atoms with Crippen molar-refractivity contribution in [1.82, 2.24) is 5.32 Å². The molecule has 140 valence electrons. The van der Waals surface area contributed by atoms with Crippen LogP contribution in [0.2, 0.25) is 0 Å². The summed E-state index contributed by atoms with van der Waals surface area (Å²) in [6.45, 7) is 6.75. The molecular formula is C17H26N2O5S. The number of nitrogens with one attached hydrogen (secondary N) is 1. The number of anilines is 1. The molecular weight excluding hydrogens is 344 g/mol. The van der Waals surface area contributed by atoms with E-state index in [1.165, 1.54) is 4.31 Å². The first-order valence-electron chi connectivity index (χ1n) is 8.33. The lowest BCUT2D eigenvalue weighted by Crippen LogP contribution is -2.50. The summed E-state index contributed by atoms with van der Waals surface area (Å²) in [6, 6.07) is 5.26. The number of amides is 1. The molecule has 0 bridgehead atoms. The highest BCUT2D eigenvalue weighted by molar-refractivity contribution is 7.92. The topological polar surface area (TPSA) is 84.9 Å². The molecule has 7 nitrogen and oxygen atoms in total. The fourth-order valence-corrected chi connectivity index (χ4v) is 3.43. The van der Waals surface area contributed by atoms with Gasteiger partial charge in [-0.3, -0.25) is 9.10 Å². The van der Waals surface area contributed by atoms with E-state index in [0.717, 1.165) is 11.8 Å². The quantitative estimate of drug-likeness (QED) is 0.735. The van der Waals surface area contributed by atoms with Gasteiger partial charge in [-0.05, 0) is 44.9 Å². The minimum Gasteiger partial charge on any atom is -0.476 e. The van der Waals surface area contributed by atoms with Crippen LogP contribution < -0.4 is 14.4 Å². The number of aryl methyl sites for hydroxylation is 1. The largest absolute Gasteiger partial charge is 0.476 e. The van der Waals surface area contributed by atoms with Gasteiger partial charge in [0.2, 0.25) is 10.0 Å². The summed E-state index contributed by atoms with van der Waals surface area (Å²) < 4.78 is 36.6. The Kier molecular flexibility index (Phi) is 6.29. The van der Waals surface area contributed by atoms with Gasteiger partial charge in [0, 0.05) is 13.2 Å². The van der Waals surface area contributed by atoms with Gasteiger partial charge in [0.05, 0.1) is 24.6 Å². The molecule has 0 aliphatic carbocycles. The number of hydrogen-bond acceptors (Lipinski definition) is 5. The van der Waals surface area contributed by atoms with Crippen LogP contribution in [-0.4, -0.2) is 52.5 Å². The minimum absolute atomic E-state index is 0.0381. The van der Waals surface area contributed by atoms with E-state index in [9.17, 15) is 13.2 Å². The van der Waals surface area contributed by atoms with Gasteiger partial charge in [-0.1, -0.05) is 6.07 Å². The molecule has 0 saturated heterocycles. The first-order chi connectivity index (χ1) is 11.7. The molecule has 1 aromatic carbocycles. The van der Waals surface area contributed by atoms with E-state index in [0.29, 0.717) is 31.0 Å². The van der Waals surface area contributed by atoms with Crippen molar-refractivity contribution in [3.63, 3.8) is 0 Å². The van der Waals surface area contributed by atoms with E-state index in [2.05, 4.69) is 5.32 Å². The highest BCUT2D eigenvalue weighted by atomic mass is 32.2. The molecule has 1 amide bonds. The molecule has 0 spiro atoms. The minimum atomic E-state index is -3.51. The van der Waals surface area contributed by atoms with E-state index in [4.69, 9.17) is 9.47 Å². The second-order valence-corrected chi connectivity index (χ2v) is 8.34. The monoisotopic (exact) mass is 370 g/mol. The number of carbonyl (C=O) groups is 1. The van der Waals surface area contributed by atoms with Crippen molar-refractivity contribution < 1.29 is 22.7 Å². The molecule has 0 fully saturated rings. The van der Waals surface area contributed by atoms with Crippen molar-refractivity contribution in [2.45, 2.75) is 39.4 Å². The van der Waals surface area contributed by atoms with Crippen LogP contribution in [0.5, 0.6) is 5.75 Å². The van der Waals surface area contributed by atoms with Crippen LogP contribution >= 0.6 is 0 Å². The normalized spacial score (nSPS) is 17.2. The number of rotatable bonds is 7. The first-order valence-corrected chi connectivity index (χ1v) is 10.2. The molecule has 0 aromatic heterocycles. The Morgan fingerprint density at radius 2 is 2.16 bits per heavy atom. The summed E-state index contributed by atoms with van der Waals surface area (Å²) >= 11 is 0. The molecule has 25 heavy (non-hydrogen) atoms. The standard InChI is InChI=1S/C17H26N2O5S/c1-12(2)23-9-5-8-18-17(20)16-11-19(25(4,21)22)14-10-13(3)6-7-15(14)24-16/h6-7,10,12,16H,5,8-9,11H2,1-4H3,(H,18,20). The third-order valence-corrected chi connectivity index (χ3v) is 4.89. The van der Waals surface area contributed by atoms with Crippen molar-refractivity contribution in [3.05, 3.63) is 23.8 Å².